The Morgan fingerprint density at radius 2 is 1.42 bits per heavy atom. The average molecular weight is 437 g/mol. The van der Waals surface area contributed by atoms with E-state index >= 15 is 0 Å². The monoisotopic (exact) mass is 436 g/mol. The number of carboxylic acid groups (broad SMARTS) is 1. The summed E-state index contributed by atoms with van der Waals surface area (Å²) in [6, 6.07) is 0. The molecule has 0 fully saturated rings. The number of allylic oxidation sites excluding steroid dienone is 2. The van der Waals surface area contributed by atoms with Crippen molar-refractivity contribution in [3.8, 4) is 0 Å². The van der Waals surface area contributed by atoms with Crippen molar-refractivity contribution in [3.05, 3.63) is 25.3 Å². The highest BCUT2D eigenvalue weighted by Crippen LogP contribution is 2.30. The number of amides is 2. The van der Waals surface area contributed by atoms with E-state index < -0.39 is 22.3 Å². The zero-order valence-corrected chi connectivity index (χ0v) is 20.3. The number of nitrogens with one attached hydrogen (secondary N) is 2. The maximum Gasteiger partial charge on any atom is 0.309 e. The van der Waals surface area contributed by atoms with Crippen LogP contribution in [0.15, 0.2) is 25.3 Å². The Morgan fingerprint density at radius 3 is 1.90 bits per heavy atom. The van der Waals surface area contributed by atoms with Crippen LogP contribution in [0.1, 0.15) is 92.4 Å². The summed E-state index contributed by atoms with van der Waals surface area (Å²) >= 11 is 0. The van der Waals surface area contributed by atoms with Crippen molar-refractivity contribution in [2.24, 2.45) is 10.8 Å². The lowest BCUT2D eigenvalue weighted by Gasteiger charge is -2.35. The molecule has 0 aromatic rings. The third-order valence-corrected chi connectivity index (χ3v) is 5.81. The van der Waals surface area contributed by atoms with Gasteiger partial charge in [-0.25, -0.2) is 0 Å². The fraction of sp³-hybridized carbons (Fsp3) is 0.720. The largest absolute Gasteiger partial charge is 0.481 e. The molecule has 0 heterocycles. The van der Waals surface area contributed by atoms with Crippen molar-refractivity contribution in [2.75, 3.05) is 6.54 Å². The van der Waals surface area contributed by atoms with Crippen molar-refractivity contribution in [2.45, 2.75) is 97.9 Å². The Kier molecular flexibility index (Phi) is 12.4. The molecule has 0 radical (unpaired) electrons. The zero-order valence-electron chi connectivity index (χ0n) is 20.3. The van der Waals surface area contributed by atoms with Crippen molar-refractivity contribution in [3.63, 3.8) is 0 Å². The first-order valence-electron chi connectivity index (χ1n) is 11.4. The highest BCUT2D eigenvalue weighted by Gasteiger charge is 2.45. The Balaban J connectivity index is 5.14. The first kappa shape index (κ1) is 28.9. The quantitative estimate of drug-likeness (QED) is 0.170. The highest BCUT2D eigenvalue weighted by molar-refractivity contribution is 6.05. The average Bonchev–Trinajstić information content (AvgIpc) is 2.66. The zero-order chi connectivity index (χ0) is 24.1. The molecular formula is C25H44N2O4. The molecule has 178 valence electrons. The van der Waals surface area contributed by atoms with Gasteiger partial charge in [0.15, 0.2) is 0 Å². The van der Waals surface area contributed by atoms with Crippen molar-refractivity contribution >= 4 is 17.8 Å². The van der Waals surface area contributed by atoms with Crippen LogP contribution in [0.2, 0.25) is 0 Å². The van der Waals surface area contributed by atoms with Crippen LogP contribution in [0.4, 0.5) is 0 Å². The van der Waals surface area contributed by atoms with Crippen molar-refractivity contribution in [1.29, 1.82) is 0 Å². The van der Waals surface area contributed by atoms with Crippen LogP contribution in [-0.4, -0.2) is 35.0 Å². The number of carbonyl (C=O) groups excluding carboxylic acids is 2. The Morgan fingerprint density at radius 1 is 0.871 bits per heavy atom. The third kappa shape index (κ3) is 9.70. The van der Waals surface area contributed by atoms with E-state index in [2.05, 4.69) is 30.7 Å². The molecule has 2 amide bonds. The second kappa shape index (κ2) is 13.3. The molecule has 0 aliphatic carbocycles. The predicted octanol–water partition coefficient (Wildman–Crippen LogP) is 5.00. The van der Waals surface area contributed by atoms with Gasteiger partial charge in [0.2, 0.25) is 11.8 Å². The second-order valence-electron chi connectivity index (χ2n) is 9.76. The van der Waals surface area contributed by atoms with E-state index in [1.165, 1.54) is 0 Å². The summed E-state index contributed by atoms with van der Waals surface area (Å²) in [5, 5.41) is 15.2. The van der Waals surface area contributed by atoms with Crippen LogP contribution in [0.5, 0.6) is 0 Å². The number of rotatable bonds is 17. The molecule has 6 heteroatoms. The summed E-state index contributed by atoms with van der Waals surface area (Å²) in [4.78, 5) is 37.6. The molecule has 3 N–H and O–H groups in total. The predicted molar refractivity (Wildman–Crippen MR) is 127 cm³/mol. The highest BCUT2D eigenvalue weighted by atomic mass is 16.4. The standard InChI is InChI=1S/C25H44N2O4/c1-8-11-12-18-24(6,7)27-21(29)25(15-9-2,16-10-3)20(28)26-19-14-13-17-23(4,5)22(30)31/h9-10H,2-3,8,11-19H2,1,4-7H3,(H,26,28)(H,27,29)(H,30,31). The second-order valence-corrected chi connectivity index (χ2v) is 9.76. The molecule has 0 aromatic carbocycles. The van der Waals surface area contributed by atoms with Crippen LogP contribution in [0.3, 0.4) is 0 Å². The van der Waals surface area contributed by atoms with Gasteiger partial charge in [-0.15, -0.1) is 13.2 Å². The van der Waals surface area contributed by atoms with Gasteiger partial charge in [-0.2, -0.15) is 0 Å². The van der Waals surface area contributed by atoms with Gasteiger partial charge in [0.05, 0.1) is 5.41 Å². The van der Waals surface area contributed by atoms with Crippen LogP contribution < -0.4 is 10.6 Å². The van der Waals surface area contributed by atoms with Crippen molar-refractivity contribution in [1.82, 2.24) is 10.6 Å². The van der Waals surface area contributed by atoms with Crippen LogP contribution in [-0.2, 0) is 14.4 Å². The lowest BCUT2D eigenvalue weighted by atomic mass is 9.78. The summed E-state index contributed by atoms with van der Waals surface area (Å²) in [6.45, 7) is 17.4. The molecule has 0 saturated heterocycles. The fourth-order valence-corrected chi connectivity index (χ4v) is 3.53. The minimum absolute atomic E-state index is 0.216. The molecule has 0 spiro atoms. The van der Waals surface area contributed by atoms with Gasteiger partial charge in [0, 0.05) is 12.1 Å². The molecule has 0 aliphatic rings. The first-order chi connectivity index (χ1) is 14.4. The molecule has 0 bridgehead atoms. The molecule has 31 heavy (non-hydrogen) atoms. The summed E-state index contributed by atoms with van der Waals surface area (Å²) in [5.41, 5.74) is -2.49. The molecule has 0 atom stereocenters. The van der Waals surface area contributed by atoms with E-state index in [1.807, 2.05) is 13.8 Å². The Labute approximate surface area is 188 Å². The van der Waals surface area contributed by atoms with E-state index in [0.717, 1.165) is 25.7 Å². The van der Waals surface area contributed by atoms with Gasteiger partial charge in [-0.3, -0.25) is 14.4 Å². The number of hydrogen-bond donors (Lipinski definition) is 3. The molecule has 6 nitrogen and oxygen atoms in total. The lowest BCUT2D eigenvalue weighted by molar-refractivity contribution is -0.147. The summed E-state index contributed by atoms with van der Waals surface area (Å²) in [6.07, 6.45) is 9.53. The SMILES string of the molecule is C=CCC(CC=C)(C(=O)NCCCCC(C)(C)C(=O)O)C(=O)NC(C)(C)CCCCC. The topological polar surface area (TPSA) is 95.5 Å². The summed E-state index contributed by atoms with van der Waals surface area (Å²) in [5.74, 6) is -1.48. The number of carbonyl (C=O) groups is 3. The molecule has 0 saturated carbocycles. The minimum Gasteiger partial charge on any atom is -0.481 e. The third-order valence-electron chi connectivity index (χ3n) is 5.81. The molecule has 0 unspecified atom stereocenters. The van der Waals surface area contributed by atoms with E-state index in [9.17, 15) is 19.5 Å². The number of unbranched alkanes of at least 4 members (excludes halogenated alkanes) is 3. The smallest absolute Gasteiger partial charge is 0.309 e. The molecule has 0 rings (SSSR count). The van der Waals surface area contributed by atoms with Gasteiger partial charge in [-0.1, -0.05) is 44.8 Å². The first-order valence-corrected chi connectivity index (χ1v) is 11.4. The molecule has 0 aliphatic heterocycles. The van der Waals surface area contributed by atoms with E-state index in [4.69, 9.17) is 0 Å². The number of hydrogen-bond acceptors (Lipinski definition) is 3. The molecule has 0 aromatic heterocycles. The maximum atomic E-state index is 13.3. The van der Waals surface area contributed by atoms with E-state index in [0.29, 0.717) is 25.8 Å². The Bertz CT molecular complexity index is 613. The van der Waals surface area contributed by atoms with Gasteiger partial charge in [0.1, 0.15) is 5.41 Å². The lowest BCUT2D eigenvalue weighted by Crippen LogP contribution is -2.56. The summed E-state index contributed by atoms with van der Waals surface area (Å²) < 4.78 is 0. The van der Waals surface area contributed by atoms with E-state index in [-0.39, 0.29) is 24.7 Å². The molecular weight excluding hydrogens is 392 g/mol. The van der Waals surface area contributed by atoms with Gasteiger partial charge < -0.3 is 15.7 Å². The van der Waals surface area contributed by atoms with Gasteiger partial charge >= 0.3 is 5.97 Å². The number of carboxylic acids is 1. The van der Waals surface area contributed by atoms with E-state index in [1.54, 1.807) is 26.0 Å². The normalized spacial score (nSPS) is 12.2. The maximum absolute atomic E-state index is 13.3. The number of aliphatic carboxylic acids is 1. The van der Waals surface area contributed by atoms with Crippen LogP contribution in [0.25, 0.3) is 0 Å². The van der Waals surface area contributed by atoms with Crippen molar-refractivity contribution < 1.29 is 19.5 Å². The van der Waals surface area contributed by atoms with Gasteiger partial charge in [-0.05, 0) is 59.8 Å². The van der Waals surface area contributed by atoms with Crippen LogP contribution >= 0.6 is 0 Å². The summed E-state index contributed by atoms with van der Waals surface area (Å²) in [7, 11) is 0. The minimum atomic E-state index is -1.29. The van der Waals surface area contributed by atoms with Crippen LogP contribution in [0, 0.1) is 10.8 Å². The Hall–Kier alpha value is -2.11. The van der Waals surface area contributed by atoms with Gasteiger partial charge in [0.25, 0.3) is 0 Å². The fourth-order valence-electron chi connectivity index (χ4n) is 3.53.